The van der Waals surface area contributed by atoms with Crippen molar-refractivity contribution < 1.29 is 8.42 Å². The van der Waals surface area contributed by atoms with Crippen LogP contribution in [-0.4, -0.2) is 19.9 Å². The number of rotatable bonds is 7. The molecule has 0 atom stereocenters. The lowest BCUT2D eigenvalue weighted by molar-refractivity contribution is 0.579. The van der Waals surface area contributed by atoms with Crippen LogP contribution < -0.4 is 10.0 Å². The normalized spacial score (nSPS) is 11.7. The quantitative estimate of drug-likeness (QED) is 0.817. The Kier molecular flexibility index (Phi) is 5.46. The van der Waals surface area contributed by atoms with Crippen LogP contribution in [0.3, 0.4) is 0 Å². The first-order chi connectivity index (χ1) is 10.0. The standard InChI is InChI=1S/C14H19N3O2S2/c1-3-15-10-13-14(5-7-20-13)21(18,19)17-9-12-4-6-16-8-11(12)2/h4-8,15,17H,3,9-10H2,1-2H3. The molecule has 2 aromatic heterocycles. The molecule has 0 bridgehead atoms. The summed E-state index contributed by atoms with van der Waals surface area (Å²) < 4.78 is 27.5. The van der Waals surface area contributed by atoms with Gasteiger partial charge in [0, 0.05) is 30.4 Å². The third-order valence-corrected chi connectivity index (χ3v) is 5.65. The van der Waals surface area contributed by atoms with E-state index in [1.54, 1.807) is 23.8 Å². The zero-order valence-electron chi connectivity index (χ0n) is 12.1. The van der Waals surface area contributed by atoms with Gasteiger partial charge in [0.1, 0.15) is 0 Å². The maximum absolute atomic E-state index is 12.4. The van der Waals surface area contributed by atoms with E-state index in [2.05, 4.69) is 15.0 Å². The average molecular weight is 325 g/mol. The van der Waals surface area contributed by atoms with E-state index < -0.39 is 10.0 Å². The summed E-state index contributed by atoms with van der Waals surface area (Å²) in [5, 5.41) is 4.96. The minimum Gasteiger partial charge on any atom is -0.312 e. The first-order valence-corrected chi connectivity index (χ1v) is 9.07. The number of aryl methyl sites for hydroxylation is 1. The van der Waals surface area contributed by atoms with Gasteiger partial charge in [-0.3, -0.25) is 4.98 Å². The Balaban J connectivity index is 2.12. The van der Waals surface area contributed by atoms with Crippen molar-refractivity contribution >= 4 is 21.4 Å². The highest BCUT2D eigenvalue weighted by atomic mass is 32.2. The minimum atomic E-state index is -3.49. The van der Waals surface area contributed by atoms with Crippen LogP contribution in [0.25, 0.3) is 0 Å². The largest absolute Gasteiger partial charge is 0.312 e. The van der Waals surface area contributed by atoms with Gasteiger partial charge in [0.15, 0.2) is 0 Å². The third kappa shape index (κ3) is 4.10. The Morgan fingerprint density at radius 3 is 2.81 bits per heavy atom. The van der Waals surface area contributed by atoms with Gasteiger partial charge in [-0.1, -0.05) is 6.92 Å². The van der Waals surface area contributed by atoms with Gasteiger partial charge in [-0.25, -0.2) is 13.1 Å². The molecule has 0 spiro atoms. The van der Waals surface area contributed by atoms with E-state index in [1.165, 1.54) is 11.3 Å². The summed E-state index contributed by atoms with van der Waals surface area (Å²) in [7, 11) is -3.49. The predicted molar refractivity (Wildman–Crippen MR) is 84.7 cm³/mol. The molecule has 0 aliphatic heterocycles. The molecule has 0 aliphatic carbocycles. The molecule has 0 unspecified atom stereocenters. The van der Waals surface area contributed by atoms with Gasteiger partial charge in [0.05, 0.1) is 4.90 Å². The van der Waals surface area contributed by atoms with Crippen LogP contribution in [0.5, 0.6) is 0 Å². The van der Waals surface area contributed by atoms with Crippen molar-refractivity contribution in [2.45, 2.75) is 31.8 Å². The lowest BCUT2D eigenvalue weighted by Crippen LogP contribution is -2.25. The zero-order valence-corrected chi connectivity index (χ0v) is 13.7. The second kappa shape index (κ2) is 7.13. The third-order valence-electron chi connectivity index (χ3n) is 3.12. The van der Waals surface area contributed by atoms with E-state index in [-0.39, 0.29) is 6.54 Å². The highest BCUT2D eigenvalue weighted by molar-refractivity contribution is 7.89. The number of nitrogens with one attached hydrogen (secondary N) is 2. The fourth-order valence-corrected chi connectivity index (χ4v) is 4.30. The van der Waals surface area contributed by atoms with E-state index in [0.717, 1.165) is 22.5 Å². The molecule has 5 nitrogen and oxygen atoms in total. The van der Waals surface area contributed by atoms with Crippen molar-refractivity contribution in [3.05, 3.63) is 45.9 Å². The van der Waals surface area contributed by atoms with E-state index in [0.29, 0.717) is 11.4 Å². The van der Waals surface area contributed by atoms with Gasteiger partial charge in [-0.2, -0.15) is 0 Å². The lowest BCUT2D eigenvalue weighted by Gasteiger charge is -2.09. The highest BCUT2D eigenvalue weighted by Crippen LogP contribution is 2.22. The number of hydrogen-bond donors (Lipinski definition) is 2. The summed E-state index contributed by atoms with van der Waals surface area (Å²) >= 11 is 1.45. The second-order valence-electron chi connectivity index (χ2n) is 4.62. The molecule has 2 heterocycles. The van der Waals surface area contributed by atoms with Gasteiger partial charge in [0.2, 0.25) is 10.0 Å². The van der Waals surface area contributed by atoms with Crippen molar-refractivity contribution in [3.8, 4) is 0 Å². The smallest absolute Gasteiger partial charge is 0.242 e. The molecule has 0 amide bonds. The van der Waals surface area contributed by atoms with Crippen molar-refractivity contribution in [2.24, 2.45) is 0 Å². The summed E-state index contributed by atoms with van der Waals surface area (Å²) in [6, 6.07) is 3.48. The second-order valence-corrected chi connectivity index (χ2v) is 7.35. The minimum absolute atomic E-state index is 0.271. The van der Waals surface area contributed by atoms with E-state index in [4.69, 9.17) is 0 Å². The van der Waals surface area contributed by atoms with Crippen molar-refractivity contribution in [1.29, 1.82) is 0 Å². The molecule has 21 heavy (non-hydrogen) atoms. The van der Waals surface area contributed by atoms with E-state index >= 15 is 0 Å². The maximum atomic E-state index is 12.4. The first kappa shape index (κ1) is 16.1. The Hall–Kier alpha value is -1.28. The summed E-state index contributed by atoms with van der Waals surface area (Å²) in [6.45, 7) is 5.55. The van der Waals surface area contributed by atoms with Crippen LogP contribution in [0.4, 0.5) is 0 Å². The first-order valence-electron chi connectivity index (χ1n) is 6.71. The molecule has 0 aromatic carbocycles. The van der Waals surface area contributed by atoms with Gasteiger partial charge in [0.25, 0.3) is 0 Å². The molecular formula is C14H19N3O2S2. The molecular weight excluding hydrogens is 306 g/mol. The van der Waals surface area contributed by atoms with Crippen molar-refractivity contribution in [3.63, 3.8) is 0 Å². The number of pyridine rings is 1. The monoisotopic (exact) mass is 325 g/mol. The lowest BCUT2D eigenvalue weighted by atomic mass is 10.2. The van der Waals surface area contributed by atoms with Gasteiger partial charge < -0.3 is 5.32 Å². The number of nitrogens with zero attached hydrogens (tertiary/aromatic N) is 1. The van der Waals surface area contributed by atoms with Crippen LogP contribution in [0.1, 0.15) is 22.9 Å². The summed E-state index contributed by atoms with van der Waals surface area (Å²) in [5.74, 6) is 0. The highest BCUT2D eigenvalue weighted by Gasteiger charge is 2.19. The zero-order chi connectivity index (χ0) is 15.3. The van der Waals surface area contributed by atoms with Gasteiger partial charge in [-0.05, 0) is 42.1 Å². The van der Waals surface area contributed by atoms with Crippen LogP contribution in [-0.2, 0) is 23.1 Å². The van der Waals surface area contributed by atoms with Crippen LogP contribution in [0.15, 0.2) is 34.8 Å². The Morgan fingerprint density at radius 1 is 1.29 bits per heavy atom. The molecule has 2 rings (SSSR count). The van der Waals surface area contributed by atoms with Crippen molar-refractivity contribution in [1.82, 2.24) is 15.0 Å². The molecule has 114 valence electrons. The predicted octanol–water partition coefficient (Wildman–Crippen LogP) is 2.04. The number of sulfonamides is 1. The number of thiophene rings is 1. The van der Waals surface area contributed by atoms with Crippen LogP contribution in [0, 0.1) is 6.92 Å². The molecule has 0 radical (unpaired) electrons. The number of aromatic nitrogens is 1. The summed E-state index contributed by atoms with van der Waals surface area (Å²) in [5.41, 5.74) is 1.90. The molecule has 2 aromatic rings. The van der Waals surface area contributed by atoms with Crippen LogP contribution >= 0.6 is 11.3 Å². The Bertz CT molecular complexity index is 696. The Morgan fingerprint density at radius 2 is 2.10 bits per heavy atom. The number of hydrogen-bond acceptors (Lipinski definition) is 5. The van der Waals surface area contributed by atoms with E-state index in [9.17, 15) is 8.42 Å². The maximum Gasteiger partial charge on any atom is 0.242 e. The fraction of sp³-hybridized carbons (Fsp3) is 0.357. The summed E-state index contributed by atoms with van der Waals surface area (Å²) in [6.07, 6.45) is 3.39. The molecule has 0 aliphatic rings. The molecule has 7 heteroatoms. The molecule has 2 N–H and O–H groups in total. The van der Waals surface area contributed by atoms with Crippen LogP contribution in [0.2, 0.25) is 0 Å². The van der Waals surface area contributed by atoms with Crippen molar-refractivity contribution in [2.75, 3.05) is 6.54 Å². The van der Waals surface area contributed by atoms with E-state index in [1.807, 2.05) is 19.9 Å². The molecule has 0 saturated heterocycles. The Labute approximate surface area is 129 Å². The topological polar surface area (TPSA) is 71.1 Å². The SMILES string of the molecule is CCNCc1sccc1S(=O)(=O)NCc1ccncc1C. The molecule has 0 fully saturated rings. The van der Waals surface area contributed by atoms with Gasteiger partial charge >= 0.3 is 0 Å². The fourth-order valence-electron chi connectivity index (χ4n) is 1.89. The summed E-state index contributed by atoms with van der Waals surface area (Å²) in [4.78, 5) is 5.19. The van der Waals surface area contributed by atoms with Gasteiger partial charge in [-0.15, -0.1) is 11.3 Å². The average Bonchev–Trinajstić information content (AvgIpc) is 2.93. The molecule has 0 saturated carbocycles.